The molecule has 0 aliphatic carbocycles. The van der Waals surface area contributed by atoms with Gasteiger partial charge in [0, 0.05) is 0 Å². The minimum Gasteiger partial charge on any atom is -0.430 e. The van der Waals surface area contributed by atoms with Crippen molar-refractivity contribution in [2.24, 2.45) is 0 Å². The number of aromatic nitrogens is 2. The molecule has 0 aliphatic heterocycles. The zero-order valence-corrected chi connectivity index (χ0v) is 5.47. The lowest BCUT2D eigenvalue weighted by Crippen LogP contribution is -1.88. The molecule has 60 valence electrons. The number of aromatic amines is 1. The molecule has 0 radical (unpaired) electrons. The molecule has 0 amide bonds. The summed E-state index contributed by atoms with van der Waals surface area (Å²) in [5.41, 5.74) is 0. The fraction of sp³-hybridized carbons (Fsp3) is 0. The summed E-state index contributed by atoms with van der Waals surface area (Å²) >= 11 is 0. The van der Waals surface area contributed by atoms with Crippen molar-refractivity contribution >= 4 is 13.6 Å². The van der Waals surface area contributed by atoms with E-state index in [0.717, 1.165) is 0 Å². The van der Waals surface area contributed by atoms with Crippen LogP contribution in [0.5, 0.6) is 0 Å². The molecule has 0 atom stereocenters. The van der Waals surface area contributed by atoms with Crippen LogP contribution in [-0.2, 0) is 0 Å². The van der Waals surface area contributed by atoms with Gasteiger partial charge in [0.25, 0.3) is 0 Å². The van der Waals surface area contributed by atoms with Gasteiger partial charge in [-0.25, -0.2) is 4.98 Å². The molecule has 1 heterocycles. The third-order valence-electron chi connectivity index (χ3n) is 0.657. The highest BCUT2D eigenvalue weighted by Crippen LogP contribution is 1.96. The summed E-state index contributed by atoms with van der Waals surface area (Å²) in [6.07, 6.45) is 2.73. The second-order valence-corrected chi connectivity index (χ2v) is 1.31. The van der Waals surface area contributed by atoms with Gasteiger partial charge in [-0.15, -0.1) is 0 Å². The van der Waals surface area contributed by atoms with Crippen molar-refractivity contribution in [2.75, 3.05) is 0 Å². The van der Waals surface area contributed by atoms with Crippen molar-refractivity contribution in [3.8, 4) is 0 Å². The molecule has 8 heteroatoms. The maximum absolute atomic E-state index is 9.77. The van der Waals surface area contributed by atoms with Crippen molar-refractivity contribution in [1.29, 1.82) is 0 Å². The number of hydrogen-bond acceptors (Lipinski definition) is 5. The number of nitrogens with one attached hydrogen (secondary N) is 1. The first-order valence-corrected chi connectivity index (χ1v) is 2.58. The van der Waals surface area contributed by atoms with E-state index in [4.69, 9.17) is 10.0 Å². The van der Waals surface area contributed by atoms with E-state index in [2.05, 4.69) is 9.97 Å². The number of hydrogen-bond donors (Lipinski definition) is 3. The van der Waals surface area contributed by atoms with E-state index in [9.17, 15) is 10.1 Å². The van der Waals surface area contributed by atoms with E-state index in [0.29, 0.717) is 0 Å². The van der Waals surface area contributed by atoms with E-state index in [1.165, 1.54) is 12.4 Å². The summed E-state index contributed by atoms with van der Waals surface area (Å²) < 4.78 is 0. The van der Waals surface area contributed by atoms with Crippen LogP contribution in [0.3, 0.4) is 0 Å². The van der Waals surface area contributed by atoms with E-state index in [1.54, 1.807) is 0 Å². The first-order chi connectivity index (χ1) is 5.22. The fourth-order valence-corrected chi connectivity index (χ4v) is 0.357. The first-order valence-electron chi connectivity index (χ1n) is 2.58. The molecule has 0 saturated heterocycles. The molecular weight excluding hydrogens is 153 g/mol. The van der Waals surface area contributed by atoms with Crippen molar-refractivity contribution in [3.05, 3.63) is 22.5 Å². The Labute approximate surface area is 62.2 Å². The minimum absolute atomic E-state index is 0.218. The Morgan fingerprint density at radius 1 is 1.73 bits per heavy atom. The number of imidazole rings is 1. The molecular formula is C3H6BN3O4. The maximum Gasteiger partial charge on any atom is 0.432 e. The number of rotatable bonds is 1. The fourth-order valence-electron chi connectivity index (χ4n) is 0.357. The van der Waals surface area contributed by atoms with Gasteiger partial charge >= 0.3 is 13.6 Å². The van der Waals surface area contributed by atoms with Crippen LogP contribution in [0.4, 0.5) is 5.95 Å². The van der Waals surface area contributed by atoms with Gasteiger partial charge in [-0.05, 0) is 4.92 Å². The van der Waals surface area contributed by atoms with Crippen LogP contribution < -0.4 is 0 Å². The Morgan fingerprint density at radius 2 is 2.27 bits per heavy atom. The van der Waals surface area contributed by atoms with Crippen LogP contribution in [0.1, 0.15) is 0 Å². The Balaban J connectivity index is 0.000000292. The third-order valence-corrected chi connectivity index (χ3v) is 0.657. The molecule has 11 heavy (non-hydrogen) atoms. The highest BCUT2D eigenvalue weighted by Gasteiger charge is 2.01. The van der Waals surface area contributed by atoms with Gasteiger partial charge in [-0.3, -0.25) is 0 Å². The summed E-state index contributed by atoms with van der Waals surface area (Å²) in [5.74, 6) is -0.218. The van der Waals surface area contributed by atoms with Gasteiger partial charge in [-0.1, -0.05) is 4.98 Å². The average molecular weight is 159 g/mol. The highest BCUT2D eigenvalue weighted by atomic mass is 16.6. The molecule has 0 spiro atoms. The Kier molecular flexibility index (Phi) is 4.70. The van der Waals surface area contributed by atoms with Gasteiger partial charge < -0.3 is 20.2 Å². The van der Waals surface area contributed by atoms with Crippen LogP contribution in [0.15, 0.2) is 12.4 Å². The lowest BCUT2D eigenvalue weighted by molar-refractivity contribution is -0.393. The zero-order chi connectivity index (χ0) is 8.69. The van der Waals surface area contributed by atoms with E-state index < -0.39 is 12.6 Å². The molecule has 0 aromatic carbocycles. The van der Waals surface area contributed by atoms with Crippen LogP contribution in [0.25, 0.3) is 0 Å². The maximum atomic E-state index is 9.77. The van der Waals surface area contributed by atoms with Gasteiger partial charge in [-0.2, -0.15) is 0 Å². The monoisotopic (exact) mass is 159 g/mol. The summed E-state index contributed by atoms with van der Waals surface area (Å²) in [6, 6.07) is 0. The number of H-pyrrole nitrogens is 1. The lowest BCUT2D eigenvalue weighted by Gasteiger charge is -1.83. The van der Waals surface area contributed by atoms with Crippen molar-refractivity contribution in [3.63, 3.8) is 0 Å². The van der Waals surface area contributed by atoms with Gasteiger partial charge in [0.15, 0.2) is 0 Å². The largest absolute Gasteiger partial charge is 0.432 e. The van der Waals surface area contributed by atoms with Crippen LogP contribution in [-0.4, -0.2) is 32.6 Å². The molecule has 1 aromatic rings. The van der Waals surface area contributed by atoms with Gasteiger partial charge in [0.1, 0.15) is 6.20 Å². The Morgan fingerprint density at radius 3 is 2.45 bits per heavy atom. The SMILES string of the molecule is O=[N+]([O-])c1ncc[nH]1.OBO. The van der Waals surface area contributed by atoms with E-state index in [-0.39, 0.29) is 5.95 Å². The molecule has 1 aromatic heterocycles. The highest BCUT2D eigenvalue weighted by molar-refractivity contribution is 6.13. The standard InChI is InChI=1S/C3H3N3O2.BH3O2/c7-6(8)3-4-1-2-5-3;2-1-3/h1-2H,(H,4,5);1-3H. The topological polar surface area (TPSA) is 112 Å². The second kappa shape index (κ2) is 5.39. The van der Waals surface area contributed by atoms with Crippen LogP contribution >= 0.6 is 0 Å². The number of nitrogens with zero attached hydrogens (tertiary/aromatic N) is 2. The molecule has 0 aliphatic rings. The molecule has 0 unspecified atom stereocenters. The predicted octanol–water partition coefficient (Wildman–Crippen LogP) is -1.44. The van der Waals surface area contributed by atoms with E-state index >= 15 is 0 Å². The minimum atomic E-state index is -0.750. The molecule has 1 rings (SSSR count). The molecule has 0 saturated carbocycles. The smallest absolute Gasteiger partial charge is 0.430 e. The van der Waals surface area contributed by atoms with Gasteiger partial charge in [0.2, 0.25) is 0 Å². The Hall–Kier alpha value is -1.41. The quantitative estimate of drug-likeness (QED) is 0.263. The summed E-state index contributed by atoms with van der Waals surface area (Å²) in [7, 11) is -0.750. The lowest BCUT2D eigenvalue weighted by atomic mass is 10.5. The summed E-state index contributed by atoms with van der Waals surface area (Å²) in [6.45, 7) is 0. The van der Waals surface area contributed by atoms with Crippen molar-refractivity contribution in [2.45, 2.75) is 0 Å². The number of nitro groups is 1. The molecule has 3 N–H and O–H groups in total. The summed E-state index contributed by atoms with van der Waals surface area (Å²) in [5, 5.41) is 24.0. The first kappa shape index (κ1) is 9.59. The average Bonchev–Trinajstić information content (AvgIpc) is 2.38. The third kappa shape index (κ3) is 4.06. The van der Waals surface area contributed by atoms with E-state index in [1.807, 2.05) is 0 Å². The predicted molar refractivity (Wildman–Crippen MR) is 36.8 cm³/mol. The van der Waals surface area contributed by atoms with Crippen molar-refractivity contribution < 1.29 is 15.0 Å². The normalized spacial score (nSPS) is 7.82. The van der Waals surface area contributed by atoms with Gasteiger partial charge in [0.05, 0.1) is 6.20 Å². The van der Waals surface area contributed by atoms with Crippen LogP contribution in [0, 0.1) is 10.1 Å². The second-order valence-electron chi connectivity index (χ2n) is 1.31. The molecule has 7 nitrogen and oxygen atoms in total. The zero-order valence-electron chi connectivity index (χ0n) is 5.47. The Bertz CT molecular complexity index is 200. The molecule has 0 bridgehead atoms. The summed E-state index contributed by atoms with van der Waals surface area (Å²) in [4.78, 5) is 14.9. The van der Waals surface area contributed by atoms with Crippen LogP contribution in [0.2, 0.25) is 0 Å². The molecule has 0 fully saturated rings. The van der Waals surface area contributed by atoms with Crippen molar-refractivity contribution in [1.82, 2.24) is 9.97 Å².